The highest BCUT2D eigenvalue weighted by Gasteiger charge is 2.32. The normalized spacial score (nSPS) is 16.3. The van der Waals surface area contributed by atoms with E-state index in [1.165, 1.54) is 0 Å². The van der Waals surface area contributed by atoms with Crippen LogP contribution in [0.5, 0.6) is 5.75 Å². The number of rotatable bonds is 4. The number of phenolic OH excluding ortho intramolecular Hbond substituents is 1. The van der Waals surface area contributed by atoms with E-state index in [4.69, 9.17) is 11.6 Å². The number of anilines is 1. The van der Waals surface area contributed by atoms with Gasteiger partial charge < -0.3 is 14.9 Å². The zero-order valence-electron chi connectivity index (χ0n) is 15.1. The Hall–Kier alpha value is -2.24. The van der Waals surface area contributed by atoms with Crippen molar-refractivity contribution in [1.82, 2.24) is 9.80 Å². The summed E-state index contributed by atoms with van der Waals surface area (Å²) in [5.74, 6) is 0.305. The Balaban J connectivity index is 1.78. The minimum atomic E-state index is -0.374. The first-order valence-corrected chi connectivity index (χ1v) is 9.09. The molecule has 1 N–H and O–H groups in total. The maximum atomic E-state index is 12.9. The second kappa shape index (κ2) is 7.98. The number of hydrogen-bond donors (Lipinski definition) is 1. The van der Waals surface area contributed by atoms with Crippen molar-refractivity contribution in [3.05, 3.63) is 59.1 Å². The Kier molecular flexibility index (Phi) is 5.69. The van der Waals surface area contributed by atoms with Gasteiger partial charge in [-0.3, -0.25) is 9.69 Å². The molecule has 1 heterocycles. The third-order valence-corrected chi connectivity index (χ3v) is 5.11. The van der Waals surface area contributed by atoms with Crippen molar-refractivity contribution >= 4 is 23.2 Å². The molecular weight excluding hydrogens is 350 g/mol. The molecule has 6 heteroatoms. The molecule has 5 nitrogen and oxygen atoms in total. The lowest BCUT2D eigenvalue weighted by atomic mass is 10.0. The number of likely N-dealkylation sites (N-methyl/N-ethyl adjacent to an activating group) is 1. The Bertz CT molecular complexity index is 756. The molecule has 0 saturated carbocycles. The smallest absolute Gasteiger partial charge is 0.244 e. The maximum Gasteiger partial charge on any atom is 0.244 e. The third-order valence-electron chi connectivity index (χ3n) is 4.77. The molecule has 2 aromatic carbocycles. The van der Waals surface area contributed by atoms with Crippen LogP contribution >= 0.6 is 11.6 Å². The lowest BCUT2D eigenvalue weighted by Gasteiger charge is -2.40. The molecule has 1 unspecified atom stereocenters. The quantitative estimate of drug-likeness (QED) is 0.895. The van der Waals surface area contributed by atoms with Crippen molar-refractivity contribution in [2.45, 2.75) is 6.04 Å². The van der Waals surface area contributed by atoms with Gasteiger partial charge in [0.15, 0.2) is 0 Å². The van der Waals surface area contributed by atoms with Gasteiger partial charge in [-0.05, 0) is 35.9 Å². The van der Waals surface area contributed by atoms with Gasteiger partial charge in [0, 0.05) is 51.0 Å². The van der Waals surface area contributed by atoms with Gasteiger partial charge in [0.05, 0.1) is 0 Å². The van der Waals surface area contributed by atoms with E-state index in [1.54, 1.807) is 31.1 Å². The molecule has 138 valence electrons. The summed E-state index contributed by atoms with van der Waals surface area (Å²) in [5.41, 5.74) is 1.93. The molecule has 1 saturated heterocycles. The Morgan fingerprint density at radius 1 is 1.04 bits per heavy atom. The van der Waals surface area contributed by atoms with Crippen molar-refractivity contribution in [3.8, 4) is 5.75 Å². The van der Waals surface area contributed by atoms with Crippen LogP contribution < -0.4 is 4.90 Å². The zero-order valence-corrected chi connectivity index (χ0v) is 15.9. The summed E-state index contributed by atoms with van der Waals surface area (Å²) in [7, 11) is 3.55. The number of amides is 1. The summed E-state index contributed by atoms with van der Waals surface area (Å²) in [4.78, 5) is 19.0. The molecule has 0 aromatic heterocycles. The summed E-state index contributed by atoms with van der Waals surface area (Å²) >= 11 is 6.39. The largest absolute Gasteiger partial charge is 0.508 e. The van der Waals surface area contributed by atoms with E-state index in [0.717, 1.165) is 37.4 Å². The van der Waals surface area contributed by atoms with E-state index in [1.807, 2.05) is 36.4 Å². The molecule has 2 aromatic rings. The van der Waals surface area contributed by atoms with Crippen molar-refractivity contribution in [2.24, 2.45) is 0 Å². The first-order valence-electron chi connectivity index (χ1n) is 8.71. The lowest BCUT2D eigenvalue weighted by molar-refractivity contribution is -0.134. The summed E-state index contributed by atoms with van der Waals surface area (Å²) in [6.07, 6.45) is 0. The third kappa shape index (κ3) is 3.94. The highest BCUT2D eigenvalue weighted by Crippen LogP contribution is 2.30. The topological polar surface area (TPSA) is 47.0 Å². The zero-order chi connectivity index (χ0) is 18.7. The average molecular weight is 374 g/mol. The Morgan fingerprint density at radius 3 is 2.23 bits per heavy atom. The van der Waals surface area contributed by atoms with Gasteiger partial charge in [0.1, 0.15) is 11.8 Å². The molecule has 0 bridgehead atoms. The van der Waals surface area contributed by atoms with E-state index in [-0.39, 0.29) is 17.7 Å². The van der Waals surface area contributed by atoms with Gasteiger partial charge in [-0.1, -0.05) is 29.8 Å². The highest BCUT2D eigenvalue weighted by atomic mass is 35.5. The number of aromatic hydroxyl groups is 1. The Morgan fingerprint density at radius 2 is 1.65 bits per heavy atom. The molecule has 1 aliphatic heterocycles. The molecule has 0 spiro atoms. The van der Waals surface area contributed by atoms with Gasteiger partial charge in [0.2, 0.25) is 5.91 Å². The maximum absolute atomic E-state index is 12.9. The van der Waals surface area contributed by atoms with Crippen LogP contribution in [0.4, 0.5) is 5.69 Å². The van der Waals surface area contributed by atoms with E-state index < -0.39 is 0 Å². The molecular formula is C20H24ClN3O2. The number of piperazine rings is 1. The van der Waals surface area contributed by atoms with Crippen LogP contribution in [-0.2, 0) is 4.79 Å². The standard InChI is InChI=1S/C20H24ClN3O2/c1-22(2)20(26)19(17-5-3-4-6-18(17)21)24-13-11-23(12-14-24)15-7-9-16(25)10-8-15/h3-10,19,25H,11-14H2,1-2H3. The highest BCUT2D eigenvalue weighted by molar-refractivity contribution is 6.31. The number of hydrogen-bond acceptors (Lipinski definition) is 4. The van der Waals surface area contributed by atoms with Crippen LogP contribution in [0.15, 0.2) is 48.5 Å². The summed E-state index contributed by atoms with van der Waals surface area (Å²) in [6, 6.07) is 14.4. The van der Waals surface area contributed by atoms with E-state index in [0.29, 0.717) is 5.02 Å². The molecule has 1 fully saturated rings. The molecule has 3 rings (SSSR count). The average Bonchev–Trinajstić information content (AvgIpc) is 2.64. The summed E-state index contributed by atoms with van der Waals surface area (Å²) < 4.78 is 0. The number of phenols is 1. The van der Waals surface area contributed by atoms with Gasteiger partial charge >= 0.3 is 0 Å². The molecule has 1 atom stereocenters. The summed E-state index contributed by atoms with van der Waals surface area (Å²) in [6.45, 7) is 3.14. The number of carbonyl (C=O) groups is 1. The van der Waals surface area contributed by atoms with Gasteiger partial charge in [-0.15, -0.1) is 0 Å². The minimum Gasteiger partial charge on any atom is -0.508 e. The van der Waals surface area contributed by atoms with Gasteiger partial charge in [-0.2, -0.15) is 0 Å². The fraction of sp³-hybridized carbons (Fsp3) is 0.350. The summed E-state index contributed by atoms with van der Waals surface area (Å²) in [5, 5.41) is 10.1. The fourth-order valence-electron chi connectivity index (χ4n) is 3.33. The first kappa shape index (κ1) is 18.5. The van der Waals surface area contributed by atoms with E-state index in [2.05, 4.69) is 9.80 Å². The van der Waals surface area contributed by atoms with Crippen LogP contribution in [0.2, 0.25) is 5.02 Å². The van der Waals surface area contributed by atoms with Crippen LogP contribution in [0.3, 0.4) is 0 Å². The van der Waals surface area contributed by atoms with Crippen LogP contribution in [0, 0.1) is 0 Å². The van der Waals surface area contributed by atoms with Crippen molar-refractivity contribution < 1.29 is 9.90 Å². The number of carbonyl (C=O) groups excluding carboxylic acids is 1. The molecule has 1 aliphatic rings. The molecule has 1 amide bonds. The van der Waals surface area contributed by atoms with E-state index in [9.17, 15) is 9.90 Å². The van der Waals surface area contributed by atoms with Crippen molar-refractivity contribution in [1.29, 1.82) is 0 Å². The monoisotopic (exact) mass is 373 g/mol. The van der Waals surface area contributed by atoms with Crippen molar-refractivity contribution in [2.75, 3.05) is 45.2 Å². The van der Waals surface area contributed by atoms with Gasteiger partial charge in [0.25, 0.3) is 0 Å². The van der Waals surface area contributed by atoms with Crippen LogP contribution in [0.25, 0.3) is 0 Å². The SMILES string of the molecule is CN(C)C(=O)C(c1ccccc1Cl)N1CCN(c2ccc(O)cc2)CC1. The fourth-order valence-corrected chi connectivity index (χ4v) is 3.57. The molecule has 0 aliphatic carbocycles. The first-order chi connectivity index (χ1) is 12.5. The van der Waals surface area contributed by atoms with Gasteiger partial charge in [-0.25, -0.2) is 0 Å². The molecule has 0 radical (unpaired) electrons. The van der Waals surface area contributed by atoms with Crippen LogP contribution in [0.1, 0.15) is 11.6 Å². The Labute approximate surface area is 159 Å². The number of nitrogens with zero attached hydrogens (tertiary/aromatic N) is 3. The predicted octanol–water partition coefficient (Wildman–Crippen LogP) is 3.00. The van der Waals surface area contributed by atoms with Crippen molar-refractivity contribution in [3.63, 3.8) is 0 Å². The minimum absolute atomic E-state index is 0.0381. The number of benzene rings is 2. The second-order valence-corrected chi connectivity index (χ2v) is 7.10. The number of halogens is 1. The van der Waals surface area contributed by atoms with E-state index >= 15 is 0 Å². The lowest BCUT2D eigenvalue weighted by Crippen LogP contribution is -2.51. The second-order valence-electron chi connectivity index (χ2n) is 6.70. The molecule has 26 heavy (non-hydrogen) atoms. The van der Waals surface area contributed by atoms with Crippen LogP contribution in [-0.4, -0.2) is 61.1 Å². The predicted molar refractivity (Wildman–Crippen MR) is 105 cm³/mol.